The molecule has 5 heteroatoms. The van der Waals surface area contributed by atoms with Crippen molar-refractivity contribution in [2.24, 2.45) is 5.41 Å². The van der Waals surface area contributed by atoms with Crippen molar-refractivity contribution in [3.05, 3.63) is 0 Å². The molecule has 0 aliphatic carbocycles. The lowest BCUT2D eigenvalue weighted by Crippen LogP contribution is -2.49. The molecule has 0 aromatic rings. The number of rotatable bonds is 2. The van der Waals surface area contributed by atoms with Crippen LogP contribution in [0.1, 0.15) is 25.7 Å². The third-order valence-corrected chi connectivity index (χ3v) is 3.49. The number of nitrogens with zero attached hydrogens (tertiary/aromatic N) is 1. The summed E-state index contributed by atoms with van der Waals surface area (Å²) in [5, 5.41) is 12.2. The molecule has 0 spiro atoms. The monoisotopic (exact) mass is 238 g/mol. The summed E-state index contributed by atoms with van der Waals surface area (Å²) in [6, 6.07) is 2.23. The van der Waals surface area contributed by atoms with Crippen molar-refractivity contribution in [2.45, 2.75) is 31.7 Å². The molecule has 1 atom stereocenters. The van der Waals surface area contributed by atoms with Crippen molar-refractivity contribution in [2.75, 3.05) is 26.4 Å². The van der Waals surface area contributed by atoms with Gasteiger partial charge in [0.15, 0.2) is 0 Å². The highest BCUT2D eigenvalue weighted by Gasteiger charge is 2.41. The van der Waals surface area contributed by atoms with Crippen LogP contribution in [0.5, 0.6) is 0 Å². The molecule has 2 aliphatic heterocycles. The van der Waals surface area contributed by atoms with E-state index in [9.17, 15) is 10.1 Å². The maximum absolute atomic E-state index is 12.2. The van der Waals surface area contributed by atoms with E-state index in [1.54, 1.807) is 0 Å². The third kappa shape index (κ3) is 2.76. The summed E-state index contributed by atoms with van der Waals surface area (Å²) in [6.07, 6.45) is 2.88. The molecule has 0 bridgehead atoms. The van der Waals surface area contributed by atoms with E-state index >= 15 is 0 Å². The van der Waals surface area contributed by atoms with Gasteiger partial charge >= 0.3 is 0 Å². The van der Waals surface area contributed by atoms with Crippen molar-refractivity contribution in [3.63, 3.8) is 0 Å². The summed E-state index contributed by atoms with van der Waals surface area (Å²) in [4.78, 5) is 12.2. The molecule has 0 aromatic carbocycles. The topological polar surface area (TPSA) is 71.4 Å². The molecule has 94 valence electrons. The number of ether oxygens (including phenoxy) is 2. The Labute approximate surface area is 101 Å². The van der Waals surface area contributed by atoms with Crippen molar-refractivity contribution in [1.82, 2.24) is 5.32 Å². The summed E-state index contributed by atoms with van der Waals surface area (Å²) < 4.78 is 10.5. The van der Waals surface area contributed by atoms with Crippen molar-refractivity contribution in [1.29, 1.82) is 5.26 Å². The molecule has 2 rings (SSSR count). The minimum Gasteiger partial charge on any atom is -0.381 e. The van der Waals surface area contributed by atoms with E-state index in [4.69, 9.17) is 9.47 Å². The standard InChI is InChI=1S/C12H18N2O3/c13-9-12(3-6-16-7-4-12)11(15)14-10-2-1-5-17-8-10/h10H,1-8H2,(H,14,15). The maximum atomic E-state index is 12.2. The maximum Gasteiger partial charge on any atom is 0.240 e. The van der Waals surface area contributed by atoms with Gasteiger partial charge in [0.1, 0.15) is 5.41 Å². The molecule has 2 heterocycles. The second-order valence-corrected chi connectivity index (χ2v) is 4.69. The number of hydrogen-bond donors (Lipinski definition) is 1. The molecular weight excluding hydrogens is 220 g/mol. The Balaban J connectivity index is 1.94. The van der Waals surface area contributed by atoms with Crippen LogP contribution in [-0.4, -0.2) is 38.4 Å². The Hall–Kier alpha value is -1.12. The molecule has 17 heavy (non-hydrogen) atoms. The van der Waals surface area contributed by atoms with E-state index in [1.807, 2.05) is 0 Å². The van der Waals surface area contributed by atoms with E-state index in [1.165, 1.54) is 0 Å². The molecule has 1 unspecified atom stereocenters. The Morgan fingerprint density at radius 1 is 1.29 bits per heavy atom. The predicted octanol–water partition coefficient (Wildman–Crippen LogP) is 0.602. The first-order chi connectivity index (χ1) is 8.27. The van der Waals surface area contributed by atoms with E-state index < -0.39 is 5.41 Å². The fourth-order valence-corrected chi connectivity index (χ4v) is 2.29. The number of carbonyl (C=O) groups is 1. The Morgan fingerprint density at radius 3 is 2.65 bits per heavy atom. The highest BCUT2D eigenvalue weighted by atomic mass is 16.5. The van der Waals surface area contributed by atoms with Crippen LogP contribution < -0.4 is 5.32 Å². The lowest BCUT2D eigenvalue weighted by atomic mass is 9.80. The number of hydrogen-bond acceptors (Lipinski definition) is 4. The molecule has 2 aliphatic rings. The lowest BCUT2D eigenvalue weighted by Gasteiger charge is -2.32. The smallest absolute Gasteiger partial charge is 0.240 e. The fraction of sp³-hybridized carbons (Fsp3) is 0.833. The molecule has 1 N–H and O–H groups in total. The minimum absolute atomic E-state index is 0.0596. The van der Waals surface area contributed by atoms with Gasteiger partial charge in [-0.15, -0.1) is 0 Å². The zero-order valence-corrected chi connectivity index (χ0v) is 9.91. The van der Waals surface area contributed by atoms with Crippen molar-refractivity contribution < 1.29 is 14.3 Å². The van der Waals surface area contributed by atoms with Gasteiger partial charge in [0.25, 0.3) is 0 Å². The number of nitriles is 1. The first-order valence-corrected chi connectivity index (χ1v) is 6.14. The van der Waals surface area contributed by atoms with Gasteiger partial charge in [-0.25, -0.2) is 0 Å². The van der Waals surface area contributed by atoms with Gasteiger partial charge < -0.3 is 14.8 Å². The van der Waals surface area contributed by atoms with Gasteiger partial charge in [0.2, 0.25) is 5.91 Å². The van der Waals surface area contributed by atoms with Crippen molar-refractivity contribution >= 4 is 5.91 Å². The van der Waals surface area contributed by atoms with E-state index in [0.717, 1.165) is 19.4 Å². The number of carbonyl (C=O) groups excluding carboxylic acids is 1. The average Bonchev–Trinajstić information content (AvgIpc) is 2.40. The van der Waals surface area contributed by atoms with Gasteiger partial charge in [0.05, 0.1) is 18.7 Å². The Morgan fingerprint density at radius 2 is 2.06 bits per heavy atom. The van der Waals surface area contributed by atoms with Gasteiger partial charge in [-0.2, -0.15) is 5.26 Å². The second kappa shape index (κ2) is 5.48. The Kier molecular flexibility index (Phi) is 3.97. The molecule has 1 amide bonds. The summed E-state index contributed by atoms with van der Waals surface area (Å²) in [7, 11) is 0. The molecule has 2 saturated heterocycles. The largest absolute Gasteiger partial charge is 0.381 e. The van der Waals surface area contributed by atoms with Crippen LogP contribution in [0.2, 0.25) is 0 Å². The molecular formula is C12H18N2O3. The van der Waals surface area contributed by atoms with Crippen LogP contribution in [0.3, 0.4) is 0 Å². The fourth-order valence-electron chi connectivity index (χ4n) is 2.29. The van der Waals surface area contributed by atoms with Crippen molar-refractivity contribution in [3.8, 4) is 6.07 Å². The lowest BCUT2D eigenvalue weighted by molar-refractivity contribution is -0.134. The predicted molar refractivity (Wildman–Crippen MR) is 60.1 cm³/mol. The molecule has 0 aromatic heterocycles. The first-order valence-electron chi connectivity index (χ1n) is 6.14. The van der Waals surface area contributed by atoms with Gasteiger partial charge in [-0.1, -0.05) is 0 Å². The second-order valence-electron chi connectivity index (χ2n) is 4.69. The highest BCUT2D eigenvalue weighted by Crippen LogP contribution is 2.30. The van der Waals surface area contributed by atoms with Gasteiger partial charge in [-0.05, 0) is 25.7 Å². The van der Waals surface area contributed by atoms with E-state index in [-0.39, 0.29) is 11.9 Å². The normalized spacial score (nSPS) is 28.1. The van der Waals surface area contributed by atoms with Gasteiger partial charge in [-0.3, -0.25) is 4.79 Å². The third-order valence-electron chi connectivity index (χ3n) is 3.49. The van der Waals surface area contributed by atoms with Crippen LogP contribution in [0.25, 0.3) is 0 Å². The summed E-state index contributed by atoms with van der Waals surface area (Å²) in [6.45, 7) is 2.30. The zero-order chi connectivity index (χ0) is 12.1. The van der Waals surface area contributed by atoms with Gasteiger partial charge in [0, 0.05) is 19.8 Å². The summed E-state index contributed by atoms with van der Waals surface area (Å²) >= 11 is 0. The molecule has 0 saturated carbocycles. The quantitative estimate of drug-likeness (QED) is 0.764. The zero-order valence-electron chi connectivity index (χ0n) is 9.91. The van der Waals surface area contributed by atoms with Crippen LogP contribution in [0.15, 0.2) is 0 Å². The van der Waals surface area contributed by atoms with Crippen LogP contribution >= 0.6 is 0 Å². The summed E-state index contributed by atoms with van der Waals surface area (Å²) in [5.41, 5.74) is -0.893. The average molecular weight is 238 g/mol. The Bertz CT molecular complexity index is 312. The molecule has 0 radical (unpaired) electrons. The highest BCUT2D eigenvalue weighted by molar-refractivity contribution is 5.85. The van der Waals surface area contributed by atoms with E-state index in [0.29, 0.717) is 32.7 Å². The van der Waals surface area contributed by atoms with Crippen LogP contribution in [0.4, 0.5) is 0 Å². The van der Waals surface area contributed by atoms with Crippen LogP contribution in [-0.2, 0) is 14.3 Å². The SMILES string of the molecule is N#CC1(C(=O)NC2CCCOC2)CCOCC1. The number of nitrogens with one attached hydrogen (secondary N) is 1. The molecule has 2 fully saturated rings. The van der Waals surface area contributed by atoms with Crippen LogP contribution in [0, 0.1) is 16.7 Å². The molecule has 5 nitrogen and oxygen atoms in total. The number of amides is 1. The van der Waals surface area contributed by atoms with E-state index in [2.05, 4.69) is 11.4 Å². The minimum atomic E-state index is -0.893. The first kappa shape index (κ1) is 12.3. The summed E-state index contributed by atoms with van der Waals surface area (Å²) in [5.74, 6) is -0.154.